The highest BCUT2D eigenvalue weighted by Crippen LogP contribution is 2.29. The van der Waals surface area contributed by atoms with Crippen LogP contribution in [0.3, 0.4) is 0 Å². The second-order valence-electron chi connectivity index (χ2n) is 7.64. The number of furan rings is 1. The van der Waals surface area contributed by atoms with Crippen LogP contribution in [0.2, 0.25) is 0 Å². The van der Waals surface area contributed by atoms with E-state index in [-0.39, 0.29) is 25.3 Å². The topological polar surface area (TPSA) is 97.1 Å². The van der Waals surface area contributed by atoms with E-state index in [0.717, 1.165) is 10.5 Å². The van der Waals surface area contributed by atoms with Crippen molar-refractivity contribution in [1.29, 1.82) is 0 Å². The Balaban J connectivity index is 1.57. The number of hydrogen-bond donors (Lipinski definition) is 0. The summed E-state index contributed by atoms with van der Waals surface area (Å²) < 4.78 is 10.4. The van der Waals surface area contributed by atoms with E-state index in [2.05, 4.69) is 0 Å². The fourth-order valence-corrected chi connectivity index (χ4v) is 3.77. The van der Waals surface area contributed by atoms with Crippen LogP contribution in [0, 0.1) is 0 Å². The summed E-state index contributed by atoms with van der Waals surface area (Å²) in [6, 6.07) is 17.7. The fraction of sp³-hybridized carbons (Fsp3) is 0.200. The summed E-state index contributed by atoms with van der Waals surface area (Å²) in [4.78, 5) is 52.9. The van der Waals surface area contributed by atoms with Crippen LogP contribution >= 0.6 is 0 Å². The third-order valence-corrected chi connectivity index (χ3v) is 5.28. The summed E-state index contributed by atoms with van der Waals surface area (Å²) in [5, 5.41) is 0. The SMILES string of the molecule is CC(=O)Oc1ccc(N2C(=O)CC(N(Cc3ccco3)C(=O)Cc3ccccc3)C2=O)cc1. The van der Waals surface area contributed by atoms with Gasteiger partial charge in [-0.1, -0.05) is 30.3 Å². The first kappa shape index (κ1) is 22.0. The number of ether oxygens (including phenoxy) is 1. The number of benzene rings is 2. The second kappa shape index (κ2) is 9.52. The van der Waals surface area contributed by atoms with E-state index >= 15 is 0 Å². The Hall–Kier alpha value is -4.20. The van der Waals surface area contributed by atoms with Gasteiger partial charge in [0.15, 0.2) is 0 Å². The van der Waals surface area contributed by atoms with Crippen molar-refractivity contribution in [3.05, 3.63) is 84.3 Å². The highest BCUT2D eigenvalue weighted by molar-refractivity contribution is 6.23. The van der Waals surface area contributed by atoms with Gasteiger partial charge in [0.1, 0.15) is 17.6 Å². The van der Waals surface area contributed by atoms with Gasteiger partial charge in [0.05, 0.1) is 31.3 Å². The summed E-state index contributed by atoms with van der Waals surface area (Å²) in [7, 11) is 0. The van der Waals surface area contributed by atoms with Crippen molar-refractivity contribution in [2.45, 2.75) is 32.4 Å². The summed E-state index contributed by atoms with van der Waals surface area (Å²) in [5.41, 5.74) is 1.15. The first-order valence-electron chi connectivity index (χ1n) is 10.4. The smallest absolute Gasteiger partial charge is 0.308 e. The van der Waals surface area contributed by atoms with Crippen molar-refractivity contribution < 1.29 is 28.3 Å². The van der Waals surface area contributed by atoms with Gasteiger partial charge in [-0.15, -0.1) is 0 Å². The van der Waals surface area contributed by atoms with Crippen molar-refractivity contribution in [3.63, 3.8) is 0 Å². The van der Waals surface area contributed by atoms with E-state index in [0.29, 0.717) is 17.2 Å². The molecule has 3 aromatic rings. The van der Waals surface area contributed by atoms with Crippen LogP contribution in [-0.4, -0.2) is 34.6 Å². The van der Waals surface area contributed by atoms with E-state index in [9.17, 15) is 19.2 Å². The zero-order valence-corrected chi connectivity index (χ0v) is 18.0. The molecule has 1 unspecified atom stereocenters. The highest BCUT2D eigenvalue weighted by atomic mass is 16.5. The first-order chi connectivity index (χ1) is 15.9. The third-order valence-electron chi connectivity index (χ3n) is 5.28. The molecule has 1 aliphatic heterocycles. The normalized spacial score (nSPS) is 15.5. The molecule has 1 saturated heterocycles. The maximum atomic E-state index is 13.3. The molecule has 0 bridgehead atoms. The maximum absolute atomic E-state index is 13.3. The molecule has 168 valence electrons. The lowest BCUT2D eigenvalue weighted by Gasteiger charge is -2.27. The van der Waals surface area contributed by atoms with Gasteiger partial charge < -0.3 is 14.1 Å². The predicted octanol–water partition coefficient (Wildman–Crippen LogP) is 3.11. The molecule has 0 saturated carbocycles. The van der Waals surface area contributed by atoms with E-state index < -0.39 is 23.8 Å². The van der Waals surface area contributed by atoms with Crippen LogP contribution in [0.15, 0.2) is 77.4 Å². The Morgan fingerprint density at radius 2 is 1.76 bits per heavy atom. The molecule has 4 rings (SSSR count). The standard InChI is InChI=1S/C25H22N2O6/c1-17(28)33-20-11-9-19(10-12-20)27-24(30)15-22(25(27)31)26(16-21-8-5-13-32-21)23(29)14-18-6-3-2-4-7-18/h2-13,22H,14-16H2,1H3. The summed E-state index contributed by atoms with van der Waals surface area (Å²) in [6.45, 7) is 1.35. The fourth-order valence-electron chi connectivity index (χ4n) is 3.77. The van der Waals surface area contributed by atoms with Crippen molar-refractivity contribution in [1.82, 2.24) is 4.90 Å². The van der Waals surface area contributed by atoms with Crippen LogP contribution < -0.4 is 9.64 Å². The lowest BCUT2D eigenvalue weighted by atomic mass is 10.1. The molecular weight excluding hydrogens is 424 g/mol. The molecule has 0 N–H and O–H groups in total. The number of amides is 3. The summed E-state index contributed by atoms with van der Waals surface area (Å²) >= 11 is 0. The Morgan fingerprint density at radius 1 is 1.03 bits per heavy atom. The number of hydrogen-bond acceptors (Lipinski definition) is 6. The van der Waals surface area contributed by atoms with Crippen molar-refractivity contribution in [3.8, 4) is 5.75 Å². The third kappa shape index (κ3) is 5.01. The predicted molar refractivity (Wildman–Crippen MR) is 118 cm³/mol. The van der Waals surface area contributed by atoms with Gasteiger partial charge in [-0.05, 0) is 42.0 Å². The van der Waals surface area contributed by atoms with Gasteiger partial charge in [0.2, 0.25) is 11.8 Å². The highest BCUT2D eigenvalue weighted by Gasteiger charge is 2.44. The molecular formula is C25H22N2O6. The van der Waals surface area contributed by atoms with E-state index in [4.69, 9.17) is 9.15 Å². The summed E-state index contributed by atoms with van der Waals surface area (Å²) in [5.74, 6) is -0.840. The van der Waals surface area contributed by atoms with Gasteiger partial charge in [0.25, 0.3) is 5.91 Å². The molecule has 0 radical (unpaired) electrons. The van der Waals surface area contributed by atoms with Crippen molar-refractivity contribution in [2.24, 2.45) is 0 Å². The minimum Gasteiger partial charge on any atom is -0.467 e. The number of nitrogens with zero attached hydrogens (tertiary/aromatic N) is 2. The van der Waals surface area contributed by atoms with Gasteiger partial charge in [-0.3, -0.25) is 19.2 Å². The van der Waals surface area contributed by atoms with Crippen LogP contribution in [0.5, 0.6) is 5.75 Å². The van der Waals surface area contributed by atoms with Crippen LogP contribution in [-0.2, 0) is 32.1 Å². The lowest BCUT2D eigenvalue weighted by Crippen LogP contribution is -2.45. The van der Waals surface area contributed by atoms with Crippen molar-refractivity contribution in [2.75, 3.05) is 4.90 Å². The monoisotopic (exact) mass is 446 g/mol. The average molecular weight is 446 g/mol. The van der Waals surface area contributed by atoms with Gasteiger partial charge in [-0.2, -0.15) is 0 Å². The summed E-state index contributed by atoms with van der Waals surface area (Å²) in [6.07, 6.45) is 1.45. The van der Waals surface area contributed by atoms with Gasteiger partial charge in [0, 0.05) is 6.92 Å². The molecule has 8 heteroatoms. The number of rotatable bonds is 7. The van der Waals surface area contributed by atoms with E-state index in [1.807, 2.05) is 30.3 Å². The molecule has 3 amide bonds. The molecule has 8 nitrogen and oxygen atoms in total. The minimum absolute atomic E-state index is 0.0710. The Labute approximate surface area is 190 Å². The van der Waals surface area contributed by atoms with E-state index in [1.165, 1.54) is 42.4 Å². The van der Waals surface area contributed by atoms with Gasteiger partial charge >= 0.3 is 5.97 Å². The second-order valence-corrected chi connectivity index (χ2v) is 7.64. The molecule has 0 spiro atoms. The number of imide groups is 1. The minimum atomic E-state index is -0.952. The molecule has 1 atom stereocenters. The zero-order chi connectivity index (χ0) is 23.4. The largest absolute Gasteiger partial charge is 0.467 e. The Kier molecular flexibility index (Phi) is 6.35. The maximum Gasteiger partial charge on any atom is 0.308 e. The number of anilines is 1. The molecule has 1 aliphatic rings. The van der Waals surface area contributed by atoms with E-state index in [1.54, 1.807) is 12.1 Å². The van der Waals surface area contributed by atoms with Crippen molar-refractivity contribution >= 4 is 29.4 Å². The Bertz CT molecular complexity index is 1160. The quantitative estimate of drug-likeness (QED) is 0.314. The van der Waals surface area contributed by atoms with Crippen LogP contribution in [0.1, 0.15) is 24.7 Å². The number of carbonyl (C=O) groups excluding carboxylic acids is 4. The molecule has 1 fully saturated rings. The molecule has 0 aliphatic carbocycles. The van der Waals surface area contributed by atoms with Crippen LogP contribution in [0.4, 0.5) is 5.69 Å². The molecule has 33 heavy (non-hydrogen) atoms. The van der Waals surface area contributed by atoms with Crippen LogP contribution in [0.25, 0.3) is 0 Å². The average Bonchev–Trinajstić information content (AvgIpc) is 3.40. The molecule has 1 aromatic heterocycles. The lowest BCUT2D eigenvalue weighted by molar-refractivity contribution is -0.138. The number of esters is 1. The molecule has 2 heterocycles. The Morgan fingerprint density at radius 3 is 2.39 bits per heavy atom. The van der Waals surface area contributed by atoms with Gasteiger partial charge in [-0.25, -0.2) is 4.90 Å². The first-order valence-corrected chi connectivity index (χ1v) is 10.4. The molecule has 2 aromatic carbocycles. The number of carbonyl (C=O) groups is 4. The zero-order valence-electron chi connectivity index (χ0n) is 18.0.